The maximum Gasteiger partial charge on any atom is 0.224 e. The first-order chi connectivity index (χ1) is 22.9. The number of ether oxygens (including phenoxy) is 2. The number of anilines is 2. The van der Waals surface area contributed by atoms with Crippen LogP contribution in [0.25, 0.3) is 0 Å². The highest BCUT2D eigenvalue weighted by molar-refractivity contribution is 7.99. The molecule has 1 saturated heterocycles. The number of rotatable bonds is 15. The van der Waals surface area contributed by atoms with E-state index in [1.807, 2.05) is 78.5 Å². The van der Waals surface area contributed by atoms with Crippen molar-refractivity contribution in [2.75, 3.05) is 16.8 Å². The monoisotopic (exact) mass is 657 g/mol. The molecule has 47 heavy (non-hydrogen) atoms. The molecule has 10 nitrogen and oxygen atoms in total. The van der Waals surface area contributed by atoms with Crippen molar-refractivity contribution in [1.29, 1.82) is 0 Å². The van der Waals surface area contributed by atoms with E-state index >= 15 is 0 Å². The fourth-order valence-corrected chi connectivity index (χ4v) is 6.28. The van der Waals surface area contributed by atoms with Crippen LogP contribution < -0.4 is 16.4 Å². The van der Waals surface area contributed by atoms with Gasteiger partial charge in [0.05, 0.1) is 30.2 Å². The Balaban J connectivity index is 1.08. The summed E-state index contributed by atoms with van der Waals surface area (Å²) in [5.74, 6) is 0.638. The number of aliphatic hydroxyl groups excluding tert-OH is 1. The maximum absolute atomic E-state index is 12.5. The van der Waals surface area contributed by atoms with E-state index in [2.05, 4.69) is 15.6 Å². The second-order valence-electron chi connectivity index (χ2n) is 11.7. The molecule has 0 unspecified atom stereocenters. The molecular formula is C36H43N5O5S. The number of aromatic nitrogens is 2. The van der Waals surface area contributed by atoms with Crippen molar-refractivity contribution in [3.8, 4) is 0 Å². The zero-order valence-electron chi connectivity index (χ0n) is 26.6. The third-order valence-corrected chi connectivity index (χ3v) is 9.26. The van der Waals surface area contributed by atoms with E-state index in [9.17, 15) is 14.7 Å². The van der Waals surface area contributed by atoms with Crippen molar-refractivity contribution in [3.63, 3.8) is 0 Å². The Bertz CT molecular complexity index is 1590. The number of imidazole rings is 1. The zero-order valence-corrected chi connectivity index (χ0v) is 27.5. The molecule has 11 heteroatoms. The Morgan fingerprint density at radius 2 is 1.64 bits per heavy atom. The molecule has 2 amide bonds. The van der Waals surface area contributed by atoms with E-state index in [0.717, 1.165) is 39.6 Å². The average molecular weight is 658 g/mol. The van der Waals surface area contributed by atoms with Crippen molar-refractivity contribution in [2.45, 2.75) is 75.3 Å². The van der Waals surface area contributed by atoms with Gasteiger partial charge in [-0.1, -0.05) is 78.8 Å². The lowest BCUT2D eigenvalue weighted by molar-refractivity contribution is -0.245. The number of thioether (sulfide) groups is 1. The lowest BCUT2D eigenvalue weighted by atomic mass is 10.0. The molecule has 0 radical (unpaired) electrons. The van der Waals surface area contributed by atoms with E-state index in [1.165, 1.54) is 0 Å². The molecule has 5 rings (SSSR count). The van der Waals surface area contributed by atoms with E-state index in [1.54, 1.807) is 30.1 Å². The molecule has 3 aromatic carbocycles. The van der Waals surface area contributed by atoms with Gasteiger partial charge in [0.2, 0.25) is 11.8 Å². The standard InChI is InChI=1S/C36H43N5O5S/c1-41-20-19-38-36(41)47-24-29-21-32(27-15-13-26(23-42)14-16-27)46-35(45-29)28-17-11-25(12-18-28)22-39-33(43)9-3-2-4-10-34(44)40-31-8-6-5-7-30(31)37/h5-8,11-20,29,32,35,42H,2-4,9-10,21-24,37H2,1H3,(H,39,43)(H,40,44)/t29-,32+,35+/m1/s1. The number of benzene rings is 3. The van der Waals surface area contributed by atoms with Crippen LogP contribution in [0.3, 0.4) is 0 Å². The first-order valence-electron chi connectivity index (χ1n) is 16.0. The normalized spacial score (nSPS) is 17.7. The van der Waals surface area contributed by atoms with Crippen LogP contribution in [0.4, 0.5) is 11.4 Å². The smallest absolute Gasteiger partial charge is 0.224 e. The molecule has 1 aliphatic rings. The lowest BCUT2D eigenvalue weighted by Gasteiger charge is -2.36. The van der Waals surface area contributed by atoms with Gasteiger partial charge >= 0.3 is 0 Å². The third-order valence-electron chi connectivity index (χ3n) is 8.07. The molecule has 1 aromatic heterocycles. The van der Waals surface area contributed by atoms with Gasteiger partial charge in [-0.15, -0.1) is 0 Å². The summed E-state index contributed by atoms with van der Waals surface area (Å²) < 4.78 is 14.9. The number of nitrogens with one attached hydrogen (secondary N) is 2. The third kappa shape index (κ3) is 10.2. The molecule has 1 fully saturated rings. The zero-order chi connectivity index (χ0) is 33.0. The number of nitrogens with zero attached hydrogens (tertiary/aromatic N) is 2. The summed E-state index contributed by atoms with van der Waals surface area (Å²) in [5, 5.41) is 16.2. The Morgan fingerprint density at radius 1 is 0.936 bits per heavy atom. The molecule has 3 atom stereocenters. The molecule has 5 N–H and O–H groups in total. The number of carbonyl (C=O) groups excluding carboxylic acids is 2. The number of carbonyl (C=O) groups is 2. The maximum atomic E-state index is 12.5. The summed E-state index contributed by atoms with van der Waals surface area (Å²) in [4.78, 5) is 29.1. The van der Waals surface area contributed by atoms with Gasteiger partial charge in [0, 0.05) is 56.6 Å². The van der Waals surface area contributed by atoms with Crippen molar-refractivity contribution in [2.24, 2.45) is 7.05 Å². The summed E-state index contributed by atoms with van der Waals surface area (Å²) in [6.45, 7) is 0.425. The molecule has 0 saturated carbocycles. The van der Waals surface area contributed by atoms with Crippen molar-refractivity contribution in [3.05, 3.63) is 107 Å². The van der Waals surface area contributed by atoms with Gasteiger partial charge in [-0.05, 0) is 41.7 Å². The van der Waals surface area contributed by atoms with Gasteiger partial charge in [-0.3, -0.25) is 9.59 Å². The second kappa shape index (κ2) is 17.1. The minimum absolute atomic E-state index is 0.000516. The van der Waals surface area contributed by atoms with E-state index in [-0.39, 0.29) is 30.6 Å². The summed E-state index contributed by atoms with van der Waals surface area (Å²) in [6.07, 6.45) is 6.65. The fraction of sp³-hybridized carbons (Fsp3) is 0.361. The Hall–Kier alpha value is -4.16. The first-order valence-corrected chi connectivity index (χ1v) is 17.0. The van der Waals surface area contributed by atoms with Crippen molar-refractivity contribution >= 4 is 35.0 Å². The van der Waals surface area contributed by atoms with E-state index in [0.29, 0.717) is 50.0 Å². The highest BCUT2D eigenvalue weighted by Crippen LogP contribution is 2.39. The molecular weight excluding hydrogens is 614 g/mol. The van der Waals surface area contributed by atoms with Crippen LogP contribution in [0.15, 0.2) is 90.3 Å². The number of unbranched alkanes of at least 4 members (excludes halogenated alkanes) is 2. The molecule has 2 heterocycles. The van der Waals surface area contributed by atoms with Crippen molar-refractivity contribution in [1.82, 2.24) is 14.9 Å². The highest BCUT2D eigenvalue weighted by Gasteiger charge is 2.32. The molecule has 1 aliphatic heterocycles. The summed E-state index contributed by atoms with van der Waals surface area (Å²) in [5.41, 5.74) is 10.8. The molecule has 0 spiro atoms. The number of nitrogens with two attached hydrogens (primary N) is 1. The van der Waals surface area contributed by atoms with Gasteiger partial charge in [0.15, 0.2) is 11.4 Å². The fourth-order valence-electron chi connectivity index (χ4n) is 5.33. The average Bonchev–Trinajstić information content (AvgIpc) is 3.51. The van der Waals surface area contributed by atoms with Gasteiger partial charge in [-0.2, -0.15) is 0 Å². The first kappa shape index (κ1) is 34.2. The number of hydrogen-bond acceptors (Lipinski definition) is 8. The summed E-state index contributed by atoms with van der Waals surface area (Å²) in [6, 6.07) is 23.0. The van der Waals surface area contributed by atoms with Gasteiger partial charge in [0.25, 0.3) is 0 Å². The minimum Gasteiger partial charge on any atom is -0.397 e. The highest BCUT2D eigenvalue weighted by atomic mass is 32.2. The van der Waals surface area contributed by atoms with E-state index < -0.39 is 6.29 Å². The number of aryl methyl sites for hydroxylation is 1. The largest absolute Gasteiger partial charge is 0.397 e. The summed E-state index contributed by atoms with van der Waals surface area (Å²) in [7, 11) is 1.98. The van der Waals surface area contributed by atoms with Crippen LogP contribution in [0.5, 0.6) is 0 Å². The van der Waals surface area contributed by atoms with Crippen LogP contribution in [-0.2, 0) is 39.3 Å². The topological polar surface area (TPSA) is 141 Å². The number of amides is 2. The Kier molecular flexibility index (Phi) is 12.5. The van der Waals surface area contributed by atoms with Crippen LogP contribution in [-0.4, -0.2) is 38.3 Å². The van der Waals surface area contributed by atoms with Gasteiger partial charge in [0.1, 0.15) is 0 Å². The molecule has 0 aliphatic carbocycles. The molecule has 248 valence electrons. The predicted octanol–water partition coefficient (Wildman–Crippen LogP) is 6.04. The number of nitrogen functional groups attached to an aromatic ring is 1. The predicted molar refractivity (Wildman–Crippen MR) is 183 cm³/mol. The Morgan fingerprint density at radius 3 is 2.34 bits per heavy atom. The van der Waals surface area contributed by atoms with Crippen molar-refractivity contribution < 1.29 is 24.2 Å². The van der Waals surface area contributed by atoms with Gasteiger partial charge < -0.3 is 35.5 Å². The van der Waals surface area contributed by atoms with Crippen LogP contribution >= 0.6 is 11.8 Å². The number of para-hydroxylation sites is 2. The van der Waals surface area contributed by atoms with E-state index in [4.69, 9.17) is 15.2 Å². The van der Waals surface area contributed by atoms with Gasteiger partial charge in [-0.25, -0.2) is 4.98 Å². The quantitative estimate of drug-likeness (QED) is 0.0690. The summed E-state index contributed by atoms with van der Waals surface area (Å²) >= 11 is 1.66. The SMILES string of the molecule is Cn1ccnc1SC[C@H]1C[C@@H](c2ccc(CO)cc2)O[C@@H](c2ccc(CNC(=O)CCCCCC(=O)Nc3ccccc3N)cc2)O1. The van der Waals surface area contributed by atoms with Crippen LogP contribution in [0.1, 0.15) is 73.2 Å². The van der Waals surface area contributed by atoms with Crippen LogP contribution in [0.2, 0.25) is 0 Å². The Labute approximate surface area is 280 Å². The lowest BCUT2D eigenvalue weighted by Crippen LogP contribution is -2.31. The molecule has 0 bridgehead atoms. The number of hydrogen-bond donors (Lipinski definition) is 4. The second-order valence-corrected chi connectivity index (χ2v) is 12.7. The minimum atomic E-state index is -0.547. The van der Waals surface area contributed by atoms with Crippen LogP contribution in [0, 0.1) is 0 Å². The molecule has 4 aromatic rings. The number of aliphatic hydroxyl groups is 1.